The van der Waals surface area contributed by atoms with E-state index in [0.717, 1.165) is 19.1 Å². The molecule has 1 rings (SSSR count). The van der Waals surface area contributed by atoms with Gasteiger partial charge >= 0.3 is 5.97 Å². The number of hydrogen-bond donors (Lipinski definition) is 0. The molecule has 0 atom stereocenters. The van der Waals surface area contributed by atoms with E-state index in [1.807, 2.05) is 6.92 Å². The van der Waals surface area contributed by atoms with Crippen molar-refractivity contribution in [3.8, 4) is 0 Å². The maximum absolute atomic E-state index is 11.7. The number of sulfone groups is 1. The van der Waals surface area contributed by atoms with Crippen LogP contribution >= 0.6 is 0 Å². The van der Waals surface area contributed by atoms with E-state index in [-0.39, 0.29) is 10.5 Å². The predicted octanol–water partition coefficient (Wildman–Crippen LogP) is 2.05. The second kappa shape index (κ2) is 5.82. The maximum Gasteiger partial charge on any atom is 0.339 e. The van der Waals surface area contributed by atoms with Crippen LogP contribution in [0.1, 0.15) is 30.1 Å². The number of unbranched alkanes of at least 4 members (excludes halogenated alkanes) is 1. The van der Waals surface area contributed by atoms with Crippen LogP contribution in [0.15, 0.2) is 29.2 Å². The molecule has 0 bridgehead atoms. The van der Waals surface area contributed by atoms with E-state index >= 15 is 0 Å². The van der Waals surface area contributed by atoms with Gasteiger partial charge in [0.05, 0.1) is 17.1 Å². The van der Waals surface area contributed by atoms with Gasteiger partial charge in [-0.05, 0) is 18.6 Å². The zero-order valence-electron chi connectivity index (χ0n) is 9.97. The van der Waals surface area contributed by atoms with Crippen molar-refractivity contribution < 1.29 is 17.9 Å². The highest BCUT2D eigenvalue weighted by Crippen LogP contribution is 2.16. The molecule has 0 saturated heterocycles. The van der Waals surface area contributed by atoms with Crippen molar-refractivity contribution in [1.29, 1.82) is 0 Å². The number of carbonyl (C=O) groups excluding carboxylic acids is 1. The zero-order chi connectivity index (χ0) is 12.9. The fraction of sp³-hybridized carbons (Fsp3) is 0.417. The molecule has 0 unspecified atom stereocenters. The molecule has 0 aromatic heterocycles. The Bertz CT molecular complexity index is 491. The molecule has 4 nitrogen and oxygen atoms in total. The molecule has 17 heavy (non-hydrogen) atoms. The Morgan fingerprint density at radius 2 is 1.94 bits per heavy atom. The molecule has 0 spiro atoms. The minimum atomic E-state index is -3.41. The Kier molecular flexibility index (Phi) is 4.69. The van der Waals surface area contributed by atoms with Crippen molar-refractivity contribution in [1.82, 2.24) is 0 Å². The van der Waals surface area contributed by atoms with E-state index < -0.39 is 15.8 Å². The average molecular weight is 256 g/mol. The lowest BCUT2D eigenvalue weighted by Gasteiger charge is -2.07. The topological polar surface area (TPSA) is 60.4 Å². The first-order valence-corrected chi connectivity index (χ1v) is 7.32. The molecule has 0 heterocycles. The molecule has 5 heteroatoms. The maximum atomic E-state index is 11.7. The lowest BCUT2D eigenvalue weighted by Crippen LogP contribution is -2.11. The van der Waals surface area contributed by atoms with Crippen LogP contribution in [0.3, 0.4) is 0 Å². The summed E-state index contributed by atoms with van der Waals surface area (Å²) in [6.07, 6.45) is 2.76. The largest absolute Gasteiger partial charge is 0.462 e. The number of benzene rings is 1. The summed E-state index contributed by atoms with van der Waals surface area (Å²) >= 11 is 0. The summed E-state index contributed by atoms with van der Waals surface area (Å²) in [5.74, 6) is -0.584. The van der Waals surface area contributed by atoms with Crippen LogP contribution in [0.4, 0.5) is 0 Å². The Balaban J connectivity index is 2.94. The number of ether oxygens (including phenoxy) is 1. The van der Waals surface area contributed by atoms with Crippen LogP contribution in [-0.4, -0.2) is 27.2 Å². The number of hydrogen-bond acceptors (Lipinski definition) is 4. The SMILES string of the molecule is CCCCOC(=O)c1ccccc1S(C)(=O)=O. The lowest BCUT2D eigenvalue weighted by atomic mass is 10.2. The molecule has 1 aromatic rings. The van der Waals surface area contributed by atoms with Crippen molar-refractivity contribution in [2.24, 2.45) is 0 Å². The summed E-state index contributed by atoms with van der Waals surface area (Å²) < 4.78 is 28.0. The molecule has 0 aliphatic rings. The average Bonchev–Trinajstić information content (AvgIpc) is 2.28. The van der Waals surface area contributed by atoms with Gasteiger partial charge in [-0.15, -0.1) is 0 Å². The van der Waals surface area contributed by atoms with Crippen molar-refractivity contribution in [2.45, 2.75) is 24.7 Å². The van der Waals surface area contributed by atoms with Gasteiger partial charge in [0.2, 0.25) is 0 Å². The highest BCUT2D eigenvalue weighted by atomic mass is 32.2. The molecule has 0 aliphatic carbocycles. The van der Waals surface area contributed by atoms with Gasteiger partial charge < -0.3 is 4.74 Å². The van der Waals surface area contributed by atoms with Gasteiger partial charge in [0.15, 0.2) is 9.84 Å². The fourth-order valence-electron chi connectivity index (χ4n) is 1.35. The van der Waals surface area contributed by atoms with E-state index in [9.17, 15) is 13.2 Å². The highest BCUT2D eigenvalue weighted by Gasteiger charge is 2.18. The molecule has 0 aliphatic heterocycles. The standard InChI is InChI=1S/C12H16O4S/c1-3-4-9-16-12(13)10-7-5-6-8-11(10)17(2,14)15/h5-8H,3-4,9H2,1-2H3. The summed E-state index contributed by atoms with van der Waals surface area (Å²) in [5.41, 5.74) is 0.103. The summed E-state index contributed by atoms with van der Waals surface area (Å²) in [7, 11) is -3.41. The summed E-state index contributed by atoms with van der Waals surface area (Å²) in [6.45, 7) is 2.30. The first-order valence-electron chi connectivity index (χ1n) is 5.43. The summed E-state index contributed by atoms with van der Waals surface area (Å²) in [4.78, 5) is 11.7. The molecule has 94 valence electrons. The van der Waals surface area contributed by atoms with E-state index in [2.05, 4.69) is 0 Å². The Morgan fingerprint density at radius 3 is 2.53 bits per heavy atom. The van der Waals surface area contributed by atoms with Crippen molar-refractivity contribution in [3.05, 3.63) is 29.8 Å². The number of carbonyl (C=O) groups is 1. The molecule has 0 radical (unpaired) electrons. The summed E-state index contributed by atoms with van der Waals surface area (Å²) in [6, 6.07) is 6.07. The van der Waals surface area contributed by atoms with Crippen LogP contribution < -0.4 is 0 Å². The van der Waals surface area contributed by atoms with Crippen LogP contribution in [-0.2, 0) is 14.6 Å². The predicted molar refractivity (Wildman–Crippen MR) is 64.7 cm³/mol. The molecule has 1 aromatic carbocycles. The summed E-state index contributed by atoms with van der Waals surface area (Å²) in [5, 5.41) is 0. The Hall–Kier alpha value is -1.36. The van der Waals surface area contributed by atoms with Crippen LogP contribution in [0.5, 0.6) is 0 Å². The fourth-order valence-corrected chi connectivity index (χ4v) is 2.22. The first kappa shape index (κ1) is 13.7. The molecule has 0 amide bonds. The third-order valence-corrected chi connectivity index (χ3v) is 3.39. The van der Waals surface area contributed by atoms with Gasteiger partial charge in [-0.25, -0.2) is 13.2 Å². The lowest BCUT2D eigenvalue weighted by molar-refractivity contribution is 0.0495. The second-order valence-corrected chi connectivity index (χ2v) is 5.74. The molecule has 0 fully saturated rings. The highest BCUT2D eigenvalue weighted by molar-refractivity contribution is 7.90. The Morgan fingerprint density at radius 1 is 1.29 bits per heavy atom. The number of rotatable bonds is 5. The van der Waals surface area contributed by atoms with E-state index in [1.165, 1.54) is 12.1 Å². The molecular formula is C12H16O4S. The van der Waals surface area contributed by atoms with Gasteiger partial charge in [0.1, 0.15) is 0 Å². The van der Waals surface area contributed by atoms with Crippen LogP contribution in [0.2, 0.25) is 0 Å². The van der Waals surface area contributed by atoms with Crippen molar-refractivity contribution >= 4 is 15.8 Å². The van der Waals surface area contributed by atoms with E-state index in [1.54, 1.807) is 12.1 Å². The van der Waals surface area contributed by atoms with Crippen molar-refractivity contribution in [2.75, 3.05) is 12.9 Å². The van der Waals surface area contributed by atoms with Gasteiger partial charge in [-0.3, -0.25) is 0 Å². The minimum absolute atomic E-state index is 0.0153. The third-order valence-electron chi connectivity index (χ3n) is 2.24. The normalized spacial score (nSPS) is 11.2. The van der Waals surface area contributed by atoms with Gasteiger partial charge in [0, 0.05) is 6.26 Å². The molecular weight excluding hydrogens is 240 g/mol. The smallest absolute Gasteiger partial charge is 0.339 e. The Labute approximate surface area is 102 Å². The monoisotopic (exact) mass is 256 g/mol. The number of esters is 1. The molecule has 0 saturated carbocycles. The van der Waals surface area contributed by atoms with E-state index in [4.69, 9.17) is 4.74 Å². The molecule has 0 N–H and O–H groups in total. The van der Waals surface area contributed by atoms with Crippen LogP contribution in [0.25, 0.3) is 0 Å². The van der Waals surface area contributed by atoms with Gasteiger partial charge in [0.25, 0.3) is 0 Å². The zero-order valence-corrected chi connectivity index (χ0v) is 10.8. The van der Waals surface area contributed by atoms with Gasteiger partial charge in [-0.1, -0.05) is 25.5 Å². The van der Waals surface area contributed by atoms with Gasteiger partial charge in [-0.2, -0.15) is 0 Å². The van der Waals surface area contributed by atoms with E-state index in [0.29, 0.717) is 6.61 Å². The second-order valence-electron chi connectivity index (χ2n) is 3.76. The third kappa shape index (κ3) is 3.85. The quantitative estimate of drug-likeness (QED) is 0.597. The first-order chi connectivity index (χ1) is 7.96. The van der Waals surface area contributed by atoms with Crippen LogP contribution in [0, 0.1) is 0 Å². The minimum Gasteiger partial charge on any atom is -0.462 e. The van der Waals surface area contributed by atoms with Crippen molar-refractivity contribution in [3.63, 3.8) is 0 Å².